The van der Waals surface area contributed by atoms with Crippen LogP contribution in [-0.2, 0) is 4.79 Å². The van der Waals surface area contributed by atoms with E-state index >= 15 is 0 Å². The second kappa shape index (κ2) is 8.30. The van der Waals surface area contributed by atoms with E-state index in [1.54, 1.807) is 0 Å². The molecule has 1 N–H and O–H groups in total. The fourth-order valence-corrected chi connectivity index (χ4v) is 2.47. The maximum atomic E-state index is 11.9. The van der Waals surface area contributed by atoms with Crippen LogP contribution in [0.5, 0.6) is 0 Å². The molecule has 1 rings (SSSR count). The standard InChI is InChI=1S/C15H28N2O/c1-4-5-6-9-16-15(18)14-7-10-17(11-8-14)12-13(2)3/h14H,2,4-12H2,1,3H3,(H,16,18). The lowest BCUT2D eigenvalue weighted by Gasteiger charge is -2.31. The molecule has 0 spiro atoms. The SMILES string of the molecule is C=C(C)CN1CCC(C(=O)NCCCCC)CC1. The molecule has 0 bridgehead atoms. The molecule has 1 aliphatic rings. The summed E-state index contributed by atoms with van der Waals surface area (Å²) in [7, 11) is 0. The monoisotopic (exact) mass is 252 g/mol. The first kappa shape index (κ1) is 15.2. The van der Waals surface area contributed by atoms with Crippen LogP contribution < -0.4 is 5.32 Å². The summed E-state index contributed by atoms with van der Waals surface area (Å²) in [5, 5.41) is 3.07. The largest absolute Gasteiger partial charge is 0.356 e. The van der Waals surface area contributed by atoms with Gasteiger partial charge in [-0.15, -0.1) is 0 Å². The maximum absolute atomic E-state index is 11.9. The number of hydrogen-bond donors (Lipinski definition) is 1. The molecule has 1 heterocycles. The molecule has 0 aromatic heterocycles. The van der Waals surface area contributed by atoms with Crippen LogP contribution >= 0.6 is 0 Å². The van der Waals surface area contributed by atoms with Crippen LogP contribution in [-0.4, -0.2) is 37.0 Å². The Morgan fingerprint density at radius 2 is 2.00 bits per heavy atom. The molecule has 18 heavy (non-hydrogen) atoms. The Morgan fingerprint density at radius 3 is 2.56 bits per heavy atom. The number of carbonyl (C=O) groups excluding carboxylic acids is 1. The fraction of sp³-hybridized carbons (Fsp3) is 0.800. The molecule has 1 aliphatic heterocycles. The first-order valence-electron chi connectivity index (χ1n) is 7.28. The van der Waals surface area contributed by atoms with E-state index in [1.165, 1.54) is 18.4 Å². The first-order chi connectivity index (χ1) is 8.63. The number of nitrogens with zero attached hydrogens (tertiary/aromatic N) is 1. The predicted octanol–water partition coefficient (Wildman–Crippen LogP) is 2.58. The number of hydrogen-bond acceptors (Lipinski definition) is 2. The third-order valence-electron chi connectivity index (χ3n) is 3.53. The van der Waals surface area contributed by atoms with Gasteiger partial charge in [-0.3, -0.25) is 9.69 Å². The first-order valence-corrected chi connectivity index (χ1v) is 7.28. The van der Waals surface area contributed by atoms with Gasteiger partial charge in [0.25, 0.3) is 0 Å². The molecule has 0 aliphatic carbocycles. The summed E-state index contributed by atoms with van der Waals surface area (Å²) in [6, 6.07) is 0. The van der Waals surface area contributed by atoms with Crippen molar-refractivity contribution < 1.29 is 4.79 Å². The van der Waals surface area contributed by atoms with Crippen molar-refractivity contribution in [3.05, 3.63) is 12.2 Å². The summed E-state index contributed by atoms with van der Waals surface area (Å²) in [6.45, 7) is 12.1. The Balaban J connectivity index is 2.17. The smallest absolute Gasteiger partial charge is 0.223 e. The molecule has 0 aromatic rings. The number of likely N-dealkylation sites (tertiary alicyclic amines) is 1. The zero-order valence-corrected chi connectivity index (χ0v) is 12.0. The van der Waals surface area contributed by atoms with Crippen LogP contribution in [0.4, 0.5) is 0 Å². The lowest BCUT2D eigenvalue weighted by atomic mass is 9.95. The average molecular weight is 252 g/mol. The topological polar surface area (TPSA) is 32.3 Å². The van der Waals surface area contributed by atoms with Gasteiger partial charge in [-0.05, 0) is 39.3 Å². The molecular weight excluding hydrogens is 224 g/mol. The van der Waals surface area contributed by atoms with Crippen molar-refractivity contribution >= 4 is 5.91 Å². The molecule has 3 nitrogen and oxygen atoms in total. The highest BCUT2D eigenvalue weighted by atomic mass is 16.1. The van der Waals surface area contributed by atoms with Gasteiger partial charge in [0.2, 0.25) is 5.91 Å². The zero-order chi connectivity index (χ0) is 13.4. The van der Waals surface area contributed by atoms with Crippen molar-refractivity contribution in [2.75, 3.05) is 26.2 Å². The van der Waals surface area contributed by atoms with Crippen LogP contribution in [0, 0.1) is 5.92 Å². The van der Waals surface area contributed by atoms with Gasteiger partial charge in [-0.25, -0.2) is 0 Å². The molecule has 1 fully saturated rings. The minimum atomic E-state index is 0.230. The van der Waals surface area contributed by atoms with E-state index in [0.717, 1.165) is 45.4 Å². The normalized spacial score (nSPS) is 17.7. The van der Waals surface area contributed by atoms with E-state index in [2.05, 4.69) is 30.6 Å². The highest BCUT2D eigenvalue weighted by Gasteiger charge is 2.24. The van der Waals surface area contributed by atoms with Crippen LogP contribution in [0.2, 0.25) is 0 Å². The molecule has 0 radical (unpaired) electrons. The summed E-state index contributed by atoms with van der Waals surface area (Å²) in [4.78, 5) is 14.3. The summed E-state index contributed by atoms with van der Waals surface area (Å²) in [5.74, 6) is 0.495. The van der Waals surface area contributed by atoms with E-state index in [0.29, 0.717) is 0 Å². The van der Waals surface area contributed by atoms with E-state index < -0.39 is 0 Å². The molecule has 3 heteroatoms. The Morgan fingerprint density at radius 1 is 1.33 bits per heavy atom. The Hall–Kier alpha value is -0.830. The average Bonchev–Trinajstić information content (AvgIpc) is 2.34. The minimum Gasteiger partial charge on any atom is -0.356 e. The second-order valence-electron chi connectivity index (χ2n) is 5.51. The number of piperidine rings is 1. The number of rotatable bonds is 7. The second-order valence-corrected chi connectivity index (χ2v) is 5.51. The lowest BCUT2D eigenvalue weighted by Crippen LogP contribution is -2.41. The van der Waals surface area contributed by atoms with Gasteiger partial charge in [-0.2, -0.15) is 0 Å². The molecule has 1 saturated heterocycles. The Kier molecular flexibility index (Phi) is 7.02. The molecule has 0 atom stereocenters. The van der Waals surface area contributed by atoms with Crippen LogP contribution in [0.1, 0.15) is 46.0 Å². The molecule has 1 amide bonds. The van der Waals surface area contributed by atoms with Gasteiger partial charge < -0.3 is 5.32 Å². The molecule has 0 unspecified atom stereocenters. The van der Waals surface area contributed by atoms with Crippen LogP contribution in [0.15, 0.2) is 12.2 Å². The maximum Gasteiger partial charge on any atom is 0.223 e. The summed E-state index contributed by atoms with van der Waals surface area (Å²) < 4.78 is 0. The third kappa shape index (κ3) is 5.67. The summed E-state index contributed by atoms with van der Waals surface area (Å²) in [6.07, 6.45) is 5.50. The van der Waals surface area contributed by atoms with Crippen molar-refractivity contribution in [3.8, 4) is 0 Å². The van der Waals surface area contributed by atoms with Crippen molar-refractivity contribution in [1.29, 1.82) is 0 Å². The van der Waals surface area contributed by atoms with Gasteiger partial charge >= 0.3 is 0 Å². The van der Waals surface area contributed by atoms with Crippen molar-refractivity contribution in [2.45, 2.75) is 46.0 Å². The third-order valence-corrected chi connectivity index (χ3v) is 3.53. The van der Waals surface area contributed by atoms with Gasteiger partial charge in [-0.1, -0.05) is 31.9 Å². The van der Waals surface area contributed by atoms with Crippen molar-refractivity contribution in [3.63, 3.8) is 0 Å². The number of carbonyl (C=O) groups is 1. The zero-order valence-electron chi connectivity index (χ0n) is 12.0. The quantitative estimate of drug-likeness (QED) is 0.558. The highest BCUT2D eigenvalue weighted by molar-refractivity contribution is 5.78. The fourth-order valence-electron chi connectivity index (χ4n) is 2.47. The van der Waals surface area contributed by atoms with E-state index in [-0.39, 0.29) is 11.8 Å². The Labute approximate surface area is 112 Å². The van der Waals surface area contributed by atoms with Gasteiger partial charge in [0.05, 0.1) is 0 Å². The van der Waals surface area contributed by atoms with Crippen molar-refractivity contribution in [2.24, 2.45) is 5.92 Å². The van der Waals surface area contributed by atoms with Crippen LogP contribution in [0.3, 0.4) is 0 Å². The van der Waals surface area contributed by atoms with Crippen molar-refractivity contribution in [1.82, 2.24) is 10.2 Å². The molecule has 0 saturated carbocycles. The van der Waals surface area contributed by atoms with Gasteiger partial charge in [0, 0.05) is 19.0 Å². The lowest BCUT2D eigenvalue weighted by molar-refractivity contribution is -0.126. The molecular formula is C15H28N2O. The minimum absolute atomic E-state index is 0.230. The van der Waals surface area contributed by atoms with E-state index in [4.69, 9.17) is 0 Å². The van der Waals surface area contributed by atoms with Gasteiger partial charge in [0.15, 0.2) is 0 Å². The Bertz CT molecular complexity index is 268. The predicted molar refractivity (Wildman–Crippen MR) is 76.5 cm³/mol. The van der Waals surface area contributed by atoms with E-state index in [1.807, 2.05) is 0 Å². The number of unbranched alkanes of at least 4 members (excludes halogenated alkanes) is 2. The number of nitrogens with one attached hydrogen (secondary N) is 1. The summed E-state index contributed by atoms with van der Waals surface area (Å²) >= 11 is 0. The highest BCUT2D eigenvalue weighted by Crippen LogP contribution is 2.17. The van der Waals surface area contributed by atoms with Crippen LogP contribution in [0.25, 0.3) is 0 Å². The summed E-state index contributed by atoms with van der Waals surface area (Å²) in [5.41, 5.74) is 1.21. The van der Waals surface area contributed by atoms with E-state index in [9.17, 15) is 4.79 Å². The molecule has 0 aromatic carbocycles. The van der Waals surface area contributed by atoms with Gasteiger partial charge in [0.1, 0.15) is 0 Å². The number of amides is 1. The molecule has 104 valence electrons.